The van der Waals surface area contributed by atoms with Crippen LogP contribution in [0, 0.1) is 5.82 Å². The number of amides is 1. The van der Waals surface area contributed by atoms with Gasteiger partial charge in [-0.05, 0) is 17.7 Å². The van der Waals surface area contributed by atoms with Crippen LogP contribution in [0.5, 0.6) is 0 Å². The summed E-state index contributed by atoms with van der Waals surface area (Å²) in [6.07, 6.45) is 0. The molecule has 0 aliphatic carbocycles. The van der Waals surface area contributed by atoms with Crippen molar-refractivity contribution >= 4 is 11.9 Å². The van der Waals surface area contributed by atoms with Crippen molar-refractivity contribution in [2.24, 2.45) is 0 Å². The van der Waals surface area contributed by atoms with Gasteiger partial charge < -0.3 is 14.9 Å². The van der Waals surface area contributed by atoms with Crippen molar-refractivity contribution in [2.45, 2.75) is 6.54 Å². The molecule has 6 nitrogen and oxygen atoms in total. The van der Waals surface area contributed by atoms with Gasteiger partial charge in [-0.2, -0.15) is 0 Å². The number of aromatic carboxylic acids is 1. The monoisotopic (exact) mass is 264 g/mol. The molecule has 1 heterocycles. The number of carbonyl (C=O) groups excluding carboxylic acids is 1. The van der Waals surface area contributed by atoms with Crippen LogP contribution in [-0.2, 0) is 6.54 Å². The van der Waals surface area contributed by atoms with E-state index >= 15 is 0 Å². The average Bonchev–Trinajstić information content (AvgIpc) is 2.86. The van der Waals surface area contributed by atoms with Gasteiger partial charge in [-0.3, -0.25) is 4.79 Å². The molecule has 0 saturated carbocycles. The van der Waals surface area contributed by atoms with Crippen molar-refractivity contribution in [3.05, 3.63) is 53.2 Å². The Morgan fingerprint density at radius 2 is 2.16 bits per heavy atom. The number of nitrogens with zero attached hydrogens (tertiary/aromatic N) is 1. The van der Waals surface area contributed by atoms with Crippen LogP contribution in [-0.4, -0.2) is 22.1 Å². The molecule has 1 aromatic carbocycles. The van der Waals surface area contributed by atoms with Gasteiger partial charge in [0.1, 0.15) is 5.82 Å². The Morgan fingerprint density at radius 3 is 2.79 bits per heavy atom. The lowest BCUT2D eigenvalue weighted by Gasteiger charge is -2.02. The van der Waals surface area contributed by atoms with E-state index in [4.69, 9.17) is 5.11 Å². The highest BCUT2D eigenvalue weighted by atomic mass is 19.1. The van der Waals surface area contributed by atoms with Gasteiger partial charge in [-0.25, -0.2) is 9.18 Å². The highest BCUT2D eigenvalue weighted by molar-refractivity contribution is 5.94. The summed E-state index contributed by atoms with van der Waals surface area (Å²) >= 11 is 0. The van der Waals surface area contributed by atoms with E-state index in [-0.39, 0.29) is 12.2 Å². The topological polar surface area (TPSA) is 92.4 Å². The van der Waals surface area contributed by atoms with Crippen molar-refractivity contribution in [3.63, 3.8) is 0 Å². The first-order chi connectivity index (χ1) is 9.06. The minimum Gasteiger partial charge on any atom is -0.475 e. The second-order valence-electron chi connectivity index (χ2n) is 3.69. The number of hydrogen-bond acceptors (Lipinski definition) is 4. The molecule has 19 heavy (non-hydrogen) atoms. The Bertz CT molecular complexity index is 624. The van der Waals surface area contributed by atoms with Crippen molar-refractivity contribution in [1.29, 1.82) is 0 Å². The summed E-state index contributed by atoms with van der Waals surface area (Å²) in [6, 6.07) is 6.77. The number of carbonyl (C=O) groups is 2. The van der Waals surface area contributed by atoms with Gasteiger partial charge in [-0.15, -0.1) is 0 Å². The molecule has 0 radical (unpaired) electrons. The first-order valence-corrected chi connectivity index (χ1v) is 5.29. The highest BCUT2D eigenvalue weighted by Crippen LogP contribution is 2.05. The first-order valence-electron chi connectivity index (χ1n) is 5.29. The van der Waals surface area contributed by atoms with E-state index in [9.17, 15) is 14.0 Å². The number of carboxylic acids is 1. The minimum absolute atomic E-state index is 0.103. The van der Waals surface area contributed by atoms with Crippen LogP contribution in [0.25, 0.3) is 0 Å². The quantitative estimate of drug-likeness (QED) is 0.871. The number of rotatable bonds is 4. The van der Waals surface area contributed by atoms with E-state index < -0.39 is 23.5 Å². The van der Waals surface area contributed by atoms with Gasteiger partial charge in [0.2, 0.25) is 5.76 Å². The predicted octanol–water partition coefficient (Wildman–Crippen LogP) is 1.44. The van der Waals surface area contributed by atoms with Gasteiger partial charge in [0.15, 0.2) is 5.69 Å². The number of aromatic nitrogens is 1. The zero-order chi connectivity index (χ0) is 13.8. The van der Waals surface area contributed by atoms with Crippen LogP contribution < -0.4 is 5.32 Å². The molecule has 2 N–H and O–H groups in total. The van der Waals surface area contributed by atoms with E-state index in [0.717, 1.165) is 6.07 Å². The maximum absolute atomic E-state index is 12.9. The molecule has 0 aliphatic rings. The van der Waals surface area contributed by atoms with Gasteiger partial charge in [0.05, 0.1) is 0 Å². The van der Waals surface area contributed by atoms with Gasteiger partial charge in [-0.1, -0.05) is 17.3 Å². The lowest BCUT2D eigenvalue weighted by atomic mass is 10.2. The van der Waals surface area contributed by atoms with E-state index in [0.29, 0.717) is 5.56 Å². The van der Waals surface area contributed by atoms with E-state index in [1.165, 1.54) is 18.2 Å². The molecule has 2 aromatic rings. The maximum atomic E-state index is 12.9. The summed E-state index contributed by atoms with van der Waals surface area (Å²) in [5.74, 6) is -2.73. The van der Waals surface area contributed by atoms with Gasteiger partial charge in [0.25, 0.3) is 5.91 Å². The fourth-order valence-electron chi connectivity index (χ4n) is 1.40. The smallest absolute Gasteiger partial charge is 0.374 e. The summed E-state index contributed by atoms with van der Waals surface area (Å²) in [4.78, 5) is 22.2. The second-order valence-corrected chi connectivity index (χ2v) is 3.69. The molecule has 0 saturated heterocycles. The number of benzene rings is 1. The Labute approximate surface area is 106 Å². The number of hydrogen-bond donors (Lipinski definition) is 2. The second kappa shape index (κ2) is 5.30. The summed E-state index contributed by atoms with van der Waals surface area (Å²) in [5, 5.41) is 14.4. The fraction of sp³-hybridized carbons (Fsp3) is 0.0833. The molecule has 0 aliphatic heterocycles. The van der Waals surface area contributed by atoms with E-state index in [1.54, 1.807) is 6.07 Å². The normalized spacial score (nSPS) is 10.2. The molecule has 0 unspecified atom stereocenters. The molecular weight excluding hydrogens is 255 g/mol. The van der Waals surface area contributed by atoms with E-state index in [1.807, 2.05) is 0 Å². The lowest BCUT2D eigenvalue weighted by Crippen LogP contribution is -2.23. The average molecular weight is 264 g/mol. The van der Waals surface area contributed by atoms with Crippen LogP contribution in [0.1, 0.15) is 26.6 Å². The molecule has 7 heteroatoms. The summed E-state index contributed by atoms with van der Waals surface area (Å²) in [6.45, 7) is 0.103. The number of carboxylic acid groups (broad SMARTS) is 1. The molecule has 1 amide bonds. The van der Waals surface area contributed by atoms with Crippen molar-refractivity contribution < 1.29 is 23.6 Å². The molecule has 1 aromatic heterocycles. The van der Waals surface area contributed by atoms with Gasteiger partial charge in [0, 0.05) is 12.6 Å². The third-order valence-electron chi connectivity index (χ3n) is 2.30. The zero-order valence-electron chi connectivity index (χ0n) is 9.59. The summed E-state index contributed by atoms with van der Waals surface area (Å²) < 4.78 is 17.3. The SMILES string of the molecule is O=C(NCc1cccc(F)c1)c1cc(C(=O)O)on1. The summed E-state index contributed by atoms with van der Waals surface area (Å²) in [7, 11) is 0. The maximum Gasteiger partial charge on any atom is 0.374 e. The molecule has 98 valence electrons. The third kappa shape index (κ3) is 3.15. The van der Waals surface area contributed by atoms with Gasteiger partial charge >= 0.3 is 5.97 Å². The molecule has 2 rings (SSSR count). The largest absolute Gasteiger partial charge is 0.475 e. The minimum atomic E-state index is -1.31. The fourth-order valence-corrected chi connectivity index (χ4v) is 1.40. The number of halogens is 1. The first kappa shape index (κ1) is 12.7. The van der Waals surface area contributed by atoms with Crippen LogP contribution in [0.4, 0.5) is 4.39 Å². The van der Waals surface area contributed by atoms with Crippen LogP contribution >= 0.6 is 0 Å². The van der Waals surface area contributed by atoms with Crippen LogP contribution in [0.15, 0.2) is 34.9 Å². The van der Waals surface area contributed by atoms with Crippen molar-refractivity contribution in [1.82, 2.24) is 10.5 Å². The van der Waals surface area contributed by atoms with Crippen molar-refractivity contribution in [3.8, 4) is 0 Å². The standard InChI is InChI=1S/C12H9FN2O4/c13-8-3-1-2-7(4-8)6-14-11(16)9-5-10(12(17)18)19-15-9/h1-5H,6H2,(H,14,16)(H,17,18). The Morgan fingerprint density at radius 1 is 1.37 bits per heavy atom. The Kier molecular flexibility index (Phi) is 3.56. The van der Waals surface area contributed by atoms with Crippen molar-refractivity contribution in [2.75, 3.05) is 0 Å². The molecule has 0 fully saturated rings. The third-order valence-corrected chi connectivity index (χ3v) is 2.30. The Balaban J connectivity index is 1.99. The molecule has 0 spiro atoms. The number of nitrogens with one attached hydrogen (secondary N) is 1. The van der Waals surface area contributed by atoms with E-state index in [2.05, 4.69) is 15.0 Å². The van der Waals surface area contributed by atoms with Crippen LogP contribution in [0.2, 0.25) is 0 Å². The Hall–Kier alpha value is -2.70. The molecule has 0 atom stereocenters. The summed E-state index contributed by atoms with van der Waals surface area (Å²) in [5.41, 5.74) is 0.434. The molecular formula is C12H9FN2O4. The molecule has 0 bridgehead atoms. The zero-order valence-corrected chi connectivity index (χ0v) is 9.59. The highest BCUT2D eigenvalue weighted by Gasteiger charge is 2.16. The lowest BCUT2D eigenvalue weighted by molar-refractivity contribution is 0.0651. The van der Waals surface area contributed by atoms with Crippen LogP contribution in [0.3, 0.4) is 0 Å². The predicted molar refractivity (Wildman–Crippen MR) is 61.0 cm³/mol.